The second-order valence-electron chi connectivity index (χ2n) is 4.75. The topological polar surface area (TPSA) is 40.6 Å². The molecular formula is C13H18BrFN2O2S. The zero-order valence-electron chi connectivity index (χ0n) is 11.1. The van der Waals surface area contributed by atoms with Gasteiger partial charge in [0, 0.05) is 31.5 Å². The van der Waals surface area contributed by atoms with Crippen LogP contribution in [0.1, 0.15) is 6.42 Å². The van der Waals surface area contributed by atoms with Crippen LogP contribution in [0.25, 0.3) is 0 Å². The quantitative estimate of drug-likeness (QED) is 0.766. The van der Waals surface area contributed by atoms with E-state index in [0.29, 0.717) is 19.6 Å². The molecule has 0 aromatic heterocycles. The summed E-state index contributed by atoms with van der Waals surface area (Å²) < 4.78 is 39.6. The largest absolute Gasteiger partial charge is 0.301 e. The smallest absolute Gasteiger partial charge is 0.243 e. The number of nitrogens with zero attached hydrogens (tertiary/aromatic N) is 2. The highest BCUT2D eigenvalue weighted by Gasteiger charge is 2.26. The number of benzene rings is 1. The summed E-state index contributed by atoms with van der Waals surface area (Å²) in [5.74, 6) is -0.526. The minimum Gasteiger partial charge on any atom is -0.301 e. The first-order chi connectivity index (χ1) is 9.54. The fourth-order valence-electron chi connectivity index (χ4n) is 2.31. The van der Waals surface area contributed by atoms with Crippen LogP contribution in [-0.2, 0) is 10.0 Å². The first-order valence-corrected chi connectivity index (χ1v) is 9.14. The molecule has 1 aromatic rings. The van der Waals surface area contributed by atoms with Crippen LogP contribution in [-0.4, -0.2) is 55.7 Å². The van der Waals surface area contributed by atoms with E-state index in [1.807, 2.05) is 0 Å². The average molecular weight is 365 g/mol. The first-order valence-electron chi connectivity index (χ1n) is 6.58. The standard InChI is InChI=1S/C13H18BrFN2O2S/c14-5-8-16-6-2-7-17(10-9-16)20(18,19)13-4-1-3-12(15)11-13/h1,3-4,11H,2,5-10H2. The molecule has 0 N–H and O–H groups in total. The molecule has 1 fully saturated rings. The Morgan fingerprint density at radius 2 is 2.00 bits per heavy atom. The van der Waals surface area contributed by atoms with E-state index in [-0.39, 0.29) is 4.90 Å². The van der Waals surface area contributed by atoms with Gasteiger partial charge in [-0.1, -0.05) is 22.0 Å². The Hall–Kier alpha value is -0.500. The number of hydrogen-bond acceptors (Lipinski definition) is 3. The lowest BCUT2D eigenvalue weighted by atomic mass is 10.4. The van der Waals surface area contributed by atoms with E-state index in [9.17, 15) is 12.8 Å². The summed E-state index contributed by atoms with van der Waals surface area (Å²) in [6.07, 6.45) is 0.793. The van der Waals surface area contributed by atoms with Gasteiger partial charge < -0.3 is 4.90 Å². The lowest BCUT2D eigenvalue weighted by molar-refractivity contribution is 0.305. The maximum absolute atomic E-state index is 13.2. The van der Waals surface area contributed by atoms with Crippen molar-refractivity contribution in [1.82, 2.24) is 9.21 Å². The summed E-state index contributed by atoms with van der Waals surface area (Å²) in [5, 5.41) is 0.879. The highest BCUT2D eigenvalue weighted by atomic mass is 79.9. The van der Waals surface area contributed by atoms with E-state index in [1.54, 1.807) is 0 Å². The van der Waals surface area contributed by atoms with E-state index in [4.69, 9.17) is 0 Å². The third-order valence-corrected chi connectivity index (χ3v) is 5.63. The van der Waals surface area contributed by atoms with Crippen LogP contribution in [0.4, 0.5) is 4.39 Å². The zero-order chi connectivity index (χ0) is 14.6. The zero-order valence-corrected chi connectivity index (χ0v) is 13.5. The predicted molar refractivity (Wildman–Crippen MR) is 80.0 cm³/mol. The summed E-state index contributed by atoms with van der Waals surface area (Å²) in [5.41, 5.74) is 0. The summed E-state index contributed by atoms with van der Waals surface area (Å²) in [4.78, 5) is 2.27. The van der Waals surface area contributed by atoms with Gasteiger partial charge in [-0.05, 0) is 31.2 Å². The normalized spacial score (nSPS) is 18.9. The second-order valence-corrected chi connectivity index (χ2v) is 7.48. The van der Waals surface area contributed by atoms with Gasteiger partial charge in [0.15, 0.2) is 0 Å². The van der Waals surface area contributed by atoms with Crippen molar-refractivity contribution in [3.05, 3.63) is 30.1 Å². The molecule has 0 amide bonds. The minimum absolute atomic E-state index is 0.0337. The molecule has 1 aromatic carbocycles. The molecule has 1 saturated heterocycles. The number of alkyl halides is 1. The Labute approximate surface area is 127 Å². The third-order valence-electron chi connectivity index (χ3n) is 3.38. The van der Waals surface area contributed by atoms with Crippen LogP contribution < -0.4 is 0 Å². The van der Waals surface area contributed by atoms with Gasteiger partial charge in [-0.2, -0.15) is 4.31 Å². The molecule has 0 bridgehead atoms. The molecule has 0 atom stereocenters. The number of halogens is 2. The third kappa shape index (κ3) is 3.78. The lowest BCUT2D eigenvalue weighted by Crippen LogP contribution is -2.35. The van der Waals surface area contributed by atoms with Gasteiger partial charge in [-0.25, -0.2) is 12.8 Å². The van der Waals surface area contributed by atoms with Gasteiger partial charge in [0.25, 0.3) is 0 Å². The van der Waals surface area contributed by atoms with Crippen LogP contribution in [0.15, 0.2) is 29.2 Å². The highest BCUT2D eigenvalue weighted by molar-refractivity contribution is 9.09. The lowest BCUT2D eigenvalue weighted by Gasteiger charge is -2.21. The molecule has 0 radical (unpaired) electrons. The molecular weight excluding hydrogens is 347 g/mol. The van der Waals surface area contributed by atoms with Crippen molar-refractivity contribution in [3.8, 4) is 0 Å². The molecule has 112 valence electrons. The molecule has 20 heavy (non-hydrogen) atoms. The molecule has 0 aliphatic carbocycles. The van der Waals surface area contributed by atoms with Crippen LogP contribution in [0.2, 0.25) is 0 Å². The Bertz CT molecular complexity index is 553. The van der Waals surface area contributed by atoms with E-state index in [1.165, 1.54) is 22.5 Å². The van der Waals surface area contributed by atoms with Crippen LogP contribution >= 0.6 is 15.9 Å². The van der Waals surface area contributed by atoms with Crippen molar-refractivity contribution in [2.45, 2.75) is 11.3 Å². The van der Waals surface area contributed by atoms with Crippen LogP contribution in [0, 0.1) is 5.82 Å². The maximum Gasteiger partial charge on any atom is 0.243 e. The number of hydrogen-bond donors (Lipinski definition) is 0. The average Bonchev–Trinajstić information content (AvgIpc) is 2.65. The fraction of sp³-hybridized carbons (Fsp3) is 0.538. The summed E-state index contributed by atoms with van der Waals surface area (Å²) >= 11 is 3.39. The van der Waals surface area contributed by atoms with Crippen molar-refractivity contribution in [3.63, 3.8) is 0 Å². The Morgan fingerprint density at radius 3 is 2.70 bits per heavy atom. The van der Waals surface area contributed by atoms with Gasteiger partial charge in [0.05, 0.1) is 4.90 Å². The number of rotatable bonds is 4. The fourth-order valence-corrected chi connectivity index (χ4v) is 4.31. The van der Waals surface area contributed by atoms with Gasteiger partial charge in [-0.15, -0.1) is 0 Å². The molecule has 4 nitrogen and oxygen atoms in total. The molecule has 0 unspecified atom stereocenters. The summed E-state index contributed by atoms with van der Waals surface area (Å²) in [7, 11) is -3.59. The minimum atomic E-state index is -3.59. The van der Waals surface area contributed by atoms with Gasteiger partial charge in [-0.3, -0.25) is 0 Å². The molecule has 0 spiro atoms. The van der Waals surface area contributed by atoms with E-state index in [2.05, 4.69) is 20.8 Å². The van der Waals surface area contributed by atoms with E-state index >= 15 is 0 Å². The SMILES string of the molecule is O=S(=O)(c1cccc(F)c1)N1CCCN(CCBr)CC1. The van der Waals surface area contributed by atoms with Crippen molar-refractivity contribution in [2.24, 2.45) is 0 Å². The molecule has 0 saturated carbocycles. The van der Waals surface area contributed by atoms with E-state index < -0.39 is 15.8 Å². The summed E-state index contributed by atoms with van der Waals surface area (Å²) in [6, 6.07) is 5.20. The van der Waals surface area contributed by atoms with Crippen LogP contribution in [0.5, 0.6) is 0 Å². The van der Waals surface area contributed by atoms with Gasteiger partial charge >= 0.3 is 0 Å². The van der Waals surface area contributed by atoms with Crippen LogP contribution in [0.3, 0.4) is 0 Å². The van der Waals surface area contributed by atoms with E-state index in [0.717, 1.165) is 30.9 Å². The first kappa shape index (κ1) is 15.9. The maximum atomic E-state index is 13.2. The second kappa shape index (κ2) is 6.98. The molecule has 1 aliphatic heterocycles. The Balaban J connectivity index is 2.14. The summed E-state index contributed by atoms with van der Waals surface area (Å²) in [6.45, 7) is 3.44. The Morgan fingerprint density at radius 1 is 1.20 bits per heavy atom. The molecule has 1 aliphatic rings. The highest BCUT2D eigenvalue weighted by Crippen LogP contribution is 2.18. The van der Waals surface area contributed by atoms with Gasteiger partial charge in [0.1, 0.15) is 5.82 Å². The molecule has 1 heterocycles. The molecule has 7 heteroatoms. The number of sulfonamides is 1. The predicted octanol–water partition coefficient (Wildman–Crippen LogP) is 1.92. The van der Waals surface area contributed by atoms with Gasteiger partial charge in [0.2, 0.25) is 10.0 Å². The van der Waals surface area contributed by atoms with Crippen molar-refractivity contribution < 1.29 is 12.8 Å². The van der Waals surface area contributed by atoms with Crippen molar-refractivity contribution in [2.75, 3.05) is 38.1 Å². The monoisotopic (exact) mass is 364 g/mol. The van der Waals surface area contributed by atoms with Crippen molar-refractivity contribution in [1.29, 1.82) is 0 Å². The molecule has 2 rings (SSSR count). The Kier molecular flexibility index (Phi) is 5.54. The van der Waals surface area contributed by atoms with Crippen molar-refractivity contribution >= 4 is 26.0 Å².